The average molecular weight is 356 g/mol. The SMILES string of the molecule is CCc1nc2scc(C(=O)O)c2c(=O)n1Cc1ccc(C(C)C)cc1. The maximum Gasteiger partial charge on any atom is 0.337 e. The molecule has 0 bridgehead atoms. The van der Waals surface area contributed by atoms with Gasteiger partial charge in [-0.2, -0.15) is 0 Å². The minimum absolute atomic E-state index is 0.0315. The Morgan fingerprint density at radius 2 is 1.96 bits per heavy atom. The largest absolute Gasteiger partial charge is 0.478 e. The van der Waals surface area contributed by atoms with E-state index in [1.165, 1.54) is 22.3 Å². The van der Waals surface area contributed by atoms with Crippen LogP contribution in [0, 0.1) is 0 Å². The van der Waals surface area contributed by atoms with Crippen LogP contribution in [0.25, 0.3) is 10.2 Å². The average Bonchev–Trinajstić information content (AvgIpc) is 3.02. The Morgan fingerprint density at radius 1 is 1.28 bits per heavy atom. The molecule has 0 aliphatic rings. The molecule has 130 valence electrons. The van der Waals surface area contributed by atoms with Crippen LogP contribution in [0.4, 0.5) is 0 Å². The lowest BCUT2D eigenvalue weighted by Gasteiger charge is -2.12. The zero-order chi connectivity index (χ0) is 18.1. The van der Waals surface area contributed by atoms with Gasteiger partial charge in [-0.25, -0.2) is 9.78 Å². The van der Waals surface area contributed by atoms with Crippen molar-refractivity contribution in [2.24, 2.45) is 0 Å². The van der Waals surface area contributed by atoms with Crippen molar-refractivity contribution in [3.05, 3.63) is 62.5 Å². The van der Waals surface area contributed by atoms with E-state index in [4.69, 9.17) is 0 Å². The second kappa shape index (κ2) is 6.80. The van der Waals surface area contributed by atoms with Crippen LogP contribution in [0.1, 0.15) is 54.0 Å². The van der Waals surface area contributed by atoms with Crippen molar-refractivity contribution in [2.45, 2.75) is 39.7 Å². The van der Waals surface area contributed by atoms with Crippen molar-refractivity contribution in [2.75, 3.05) is 0 Å². The molecule has 2 aromatic heterocycles. The van der Waals surface area contributed by atoms with E-state index in [0.717, 1.165) is 5.56 Å². The summed E-state index contributed by atoms with van der Waals surface area (Å²) in [6, 6.07) is 8.15. The summed E-state index contributed by atoms with van der Waals surface area (Å²) >= 11 is 1.20. The summed E-state index contributed by atoms with van der Waals surface area (Å²) in [7, 11) is 0. The van der Waals surface area contributed by atoms with Crippen LogP contribution < -0.4 is 5.56 Å². The highest BCUT2D eigenvalue weighted by Gasteiger charge is 2.19. The topological polar surface area (TPSA) is 72.2 Å². The normalized spacial score (nSPS) is 11.4. The number of aromatic nitrogens is 2. The summed E-state index contributed by atoms with van der Waals surface area (Å²) < 4.78 is 1.59. The maximum absolute atomic E-state index is 12.9. The van der Waals surface area contributed by atoms with Crippen molar-refractivity contribution in [1.82, 2.24) is 9.55 Å². The molecule has 0 aliphatic heterocycles. The number of aromatic carboxylic acids is 1. The number of benzene rings is 1. The number of hydrogen-bond donors (Lipinski definition) is 1. The Bertz CT molecular complexity index is 984. The van der Waals surface area contributed by atoms with Gasteiger partial charge in [0, 0.05) is 11.8 Å². The second-order valence-electron chi connectivity index (χ2n) is 6.30. The summed E-state index contributed by atoms with van der Waals surface area (Å²) in [4.78, 5) is 29.3. The molecule has 3 aromatic rings. The fraction of sp³-hybridized carbons (Fsp3) is 0.316. The predicted octanol–water partition coefficient (Wildman–Crippen LogP) is 3.89. The van der Waals surface area contributed by atoms with E-state index in [1.807, 2.05) is 19.1 Å². The Hall–Kier alpha value is -2.47. The van der Waals surface area contributed by atoms with E-state index in [0.29, 0.717) is 29.5 Å². The lowest BCUT2D eigenvalue weighted by Crippen LogP contribution is -2.26. The number of thiophene rings is 1. The minimum atomic E-state index is -1.10. The molecule has 0 radical (unpaired) electrons. The number of carboxylic acids is 1. The summed E-state index contributed by atoms with van der Waals surface area (Å²) in [5, 5.41) is 11.0. The van der Waals surface area contributed by atoms with Crippen LogP contribution in [0.5, 0.6) is 0 Å². The summed E-state index contributed by atoms with van der Waals surface area (Å²) in [6.45, 7) is 6.60. The van der Waals surface area contributed by atoms with Crippen LogP contribution in [-0.4, -0.2) is 20.6 Å². The van der Waals surface area contributed by atoms with Crippen molar-refractivity contribution < 1.29 is 9.90 Å². The first-order valence-electron chi connectivity index (χ1n) is 8.25. The molecule has 0 atom stereocenters. The van der Waals surface area contributed by atoms with Crippen LogP contribution in [-0.2, 0) is 13.0 Å². The Balaban J connectivity index is 2.11. The third kappa shape index (κ3) is 3.22. The second-order valence-corrected chi connectivity index (χ2v) is 7.16. The van der Waals surface area contributed by atoms with E-state index in [-0.39, 0.29) is 16.5 Å². The molecule has 0 unspecified atom stereocenters. The van der Waals surface area contributed by atoms with E-state index in [9.17, 15) is 14.7 Å². The number of carboxylic acid groups (broad SMARTS) is 1. The van der Waals surface area contributed by atoms with Gasteiger partial charge in [-0.15, -0.1) is 11.3 Å². The zero-order valence-electron chi connectivity index (χ0n) is 14.4. The zero-order valence-corrected chi connectivity index (χ0v) is 15.3. The maximum atomic E-state index is 12.9. The molecule has 0 saturated carbocycles. The summed E-state index contributed by atoms with van der Waals surface area (Å²) in [6.07, 6.45) is 0.607. The standard InChI is InChI=1S/C19H20N2O3S/c1-4-15-20-17-16(14(10-25-17)19(23)24)18(22)21(15)9-12-5-7-13(8-6-12)11(2)3/h5-8,10-11H,4,9H2,1-3H3,(H,23,24). The molecule has 0 amide bonds. The summed E-state index contributed by atoms with van der Waals surface area (Å²) in [5.41, 5.74) is 1.98. The van der Waals surface area contributed by atoms with Gasteiger partial charge < -0.3 is 5.11 Å². The number of rotatable bonds is 5. The molecule has 25 heavy (non-hydrogen) atoms. The third-order valence-corrected chi connectivity index (χ3v) is 5.18. The van der Waals surface area contributed by atoms with Gasteiger partial charge in [-0.3, -0.25) is 9.36 Å². The first-order chi connectivity index (χ1) is 11.9. The smallest absolute Gasteiger partial charge is 0.337 e. The van der Waals surface area contributed by atoms with Gasteiger partial charge in [0.1, 0.15) is 10.7 Å². The highest BCUT2D eigenvalue weighted by molar-refractivity contribution is 7.17. The number of carbonyl (C=O) groups is 1. The molecule has 0 spiro atoms. The number of fused-ring (bicyclic) bond motifs is 1. The molecular weight excluding hydrogens is 336 g/mol. The first-order valence-corrected chi connectivity index (χ1v) is 9.13. The highest BCUT2D eigenvalue weighted by Crippen LogP contribution is 2.22. The Morgan fingerprint density at radius 3 is 2.52 bits per heavy atom. The van der Waals surface area contributed by atoms with Crippen LogP contribution in [0.2, 0.25) is 0 Å². The van der Waals surface area contributed by atoms with E-state index in [2.05, 4.69) is 31.0 Å². The van der Waals surface area contributed by atoms with E-state index >= 15 is 0 Å². The van der Waals surface area contributed by atoms with Gasteiger partial charge in [0.25, 0.3) is 5.56 Å². The quantitative estimate of drug-likeness (QED) is 0.753. The lowest BCUT2D eigenvalue weighted by atomic mass is 10.0. The van der Waals surface area contributed by atoms with Crippen molar-refractivity contribution in [3.8, 4) is 0 Å². The van der Waals surface area contributed by atoms with E-state index < -0.39 is 5.97 Å². The van der Waals surface area contributed by atoms with Gasteiger partial charge in [0.2, 0.25) is 0 Å². The molecule has 2 heterocycles. The minimum Gasteiger partial charge on any atom is -0.478 e. The van der Waals surface area contributed by atoms with Gasteiger partial charge in [0.15, 0.2) is 0 Å². The molecule has 1 aromatic carbocycles. The molecular formula is C19H20N2O3S. The molecule has 0 aliphatic carbocycles. The molecule has 6 heteroatoms. The molecule has 3 rings (SSSR count). The van der Waals surface area contributed by atoms with Crippen LogP contribution in [0.15, 0.2) is 34.4 Å². The fourth-order valence-electron chi connectivity index (χ4n) is 2.85. The van der Waals surface area contributed by atoms with Crippen LogP contribution >= 0.6 is 11.3 Å². The van der Waals surface area contributed by atoms with Gasteiger partial charge in [0.05, 0.1) is 17.5 Å². The lowest BCUT2D eigenvalue weighted by molar-refractivity contribution is 0.0699. The molecule has 0 fully saturated rings. The molecule has 5 nitrogen and oxygen atoms in total. The van der Waals surface area contributed by atoms with Crippen molar-refractivity contribution in [1.29, 1.82) is 0 Å². The number of hydrogen-bond acceptors (Lipinski definition) is 4. The monoisotopic (exact) mass is 356 g/mol. The number of aryl methyl sites for hydroxylation is 1. The van der Waals surface area contributed by atoms with Gasteiger partial charge in [-0.1, -0.05) is 45.0 Å². The van der Waals surface area contributed by atoms with Gasteiger partial charge >= 0.3 is 5.97 Å². The predicted molar refractivity (Wildman–Crippen MR) is 99.9 cm³/mol. The Labute approximate surface area is 149 Å². The first kappa shape index (κ1) is 17.4. The highest BCUT2D eigenvalue weighted by atomic mass is 32.1. The van der Waals surface area contributed by atoms with Crippen molar-refractivity contribution in [3.63, 3.8) is 0 Å². The Kier molecular flexibility index (Phi) is 4.72. The molecule has 1 N–H and O–H groups in total. The van der Waals surface area contributed by atoms with Gasteiger partial charge in [-0.05, 0) is 17.0 Å². The number of nitrogens with zero attached hydrogens (tertiary/aromatic N) is 2. The third-order valence-electron chi connectivity index (χ3n) is 4.31. The summed E-state index contributed by atoms with van der Waals surface area (Å²) in [5.74, 6) is 0.0244. The fourth-order valence-corrected chi connectivity index (χ4v) is 3.77. The molecule has 0 saturated heterocycles. The van der Waals surface area contributed by atoms with E-state index in [1.54, 1.807) is 4.57 Å². The van der Waals surface area contributed by atoms with Crippen LogP contribution in [0.3, 0.4) is 0 Å². The van der Waals surface area contributed by atoms with Crippen molar-refractivity contribution >= 4 is 27.5 Å².